The zero-order valence-corrected chi connectivity index (χ0v) is 26.2. The van der Waals surface area contributed by atoms with Crippen LogP contribution in [0.5, 0.6) is 0 Å². The fourth-order valence-electron chi connectivity index (χ4n) is 7.34. The lowest BCUT2D eigenvalue weighted by Gasteiger charge is -2.41. The van der Waals surface area contributed by atoms with Crippen LogP contribution in [0.25, 0.3) is 0 Å². The van der Waals surface area contributed by atoms with Crippen LogP contribution in [0.4, 0.5) is 5.69 Å². The van der Waals surface area contributed by atoms with E-state index in [4.69, 9.17) is 4.74 Å². The lowest BCUT2D eigenvalue weighted by atomic mass is 9.75. The van der Waals surface area contributed by atoms with Gasteiger partial charge in [-0.2, -0.15) is 0 Å². The molecule has 0 saturated carbocycles. The molecule has 3 saturated heterocycles. The molecule has 2 N–H and O–H groups in total. The maximum absolute atomic E-state index is 13.9. The molecule has 2 aromatic rings. The molecule has 4 aliphatic heterocycles. The van der Waals surface area contributed by atoms with Crippen LogP contribution in [0.3, 0.4) is 0 Å². The van der Waals surface area contributed by atoms with Crippen molar-refractivity contribution in [1.82, 2.24) is 20.4 Å². The van der Waals surface area contributed by atoms with Gasteiger partial charge in [0.05, 0.1) is 12.0 Å². The fraction of sp³-hybridized carbons (Fsp3) is 0.528. The maximum atomic E-state index is 13.9. The number of benzene rings is 2. The molecule has 0 radical (unpaired) electrons. The topological polar surface area (TPSA) is 94.2 Å². The first-order valence-corrected chi connectivity index (χ1v) is 16.7. The zero-order valence-electron chi connectivity index (χ0n) is 26.2. The van der Waals surface area contributed by atoms with E-state index in [2.05, 4.69) is 56.9 Å². The molecular weight excluding hydrogens is 566 g/mol. The van der Waals surface area contributed by atoms with Crippen molar-refractivity contribution in [2.24, 2.45) is 11.3 Å². The van der Waals surface area contributed by atoms with E-state index in [0.29, 0.717) is 45.4 Å². The number of ether oxygens (including phenoxy) is 1. The summed E-state index contributed by atoms with van der Waals surface area (Å²) in [5.74, 6) is 0.178. The van der Waals surface area contributed by atoms with E-state index < -0.39 is 11.5 Å². The Balaban J connectivity index is 1.12. The Morgan fingerprint density at radius 1 is 0.867 bits per heavy atom. The molecule has 4 heterocycles. The molecule has 0 aliphatic carbocycles. The summed E-state index contributed by atoms with van der Waals surface area (Å²) in [5, 5.41) is 6.51. The van der Waals surface area contributed by atoms with Gasteiger partial charge in [0.1, 0.15) is 6.04 Å². The number of allylic oxidation sites excluding steroid dienone is 2. The highest BCUT2D eigenvalue weighted by atomic mass is 16.5. The molecule has 1 spiro atoms. The molecule has 45 heavy (non-hydrogen) atoms. The normalized spacial score (nSPS) is 27.0. The standard InChI is InChI=1S/C36H47N5O4/c42-33(41-21-19-40(20-22-41)30-12-5-2-6-13-30)27-39-18-14-31-29(26-39)11-7-8-15-36(16-23-45-24-17-36)35(44)38-32(34(43)37-31)25-28-9-3-1-4-10-28/h1-10,12-13,29,31-32H,11,14-27H2,(H,37,43)(H,38,44)/b8-7+/t29-,31+,32-/m0/s1. The van der Waals surface area contributed by atoms with Crippen LogP contribution in [-0.4, -0.2) is 98.6 Å². The molecule has 9 heteroatoms. The van der Waals surface area contributed by atoms with Gasteiger partial charge < -0.3 is 25.2 Å². The van der Waals surface area contributed by atoms with Gasteiger partial charge in [-0.15, -0.1) is 0 Å². The third kappa shape index (κ3) is 7.76. The van der Waals surface area contributed by atoms with Crippen molar-refractivity contribution in [2.75, 3.05) is 63.9 Å². The van der Waals surface area contributed by atoms with E-state index in [0.717, 1.165) is 57.7 Å². The molecule has 3 amide bonds. The Labute approximate surface area is 267 Å². The Hall–Kier alpha value is -3.69. The van der Waals surface area contributed by atoms with Crippen molar-refractivity contribution in [1.29, 1.82) is 0 Å². The summed E-state index contributed by atoms with van der Waals surface area (Å²) < 4.78 is 5.62. The Morgan fingerprint density at radius 3 is 2.31 bits per heavy atom. The highest BCUT2D eigenvalue weighted by Gasteiger charge is 2.41. The van der Waals surface area contributed by atoms with Gasteiger partial charge in [0.15, 0.2) is 0 Å². The number of nitrogens with one attached hydrogen (secondary N) is 2. The summed E-state index contributed by atoms with van der Waals surface area (Å²) in [5.41, 5.74) is 1.65. The molecule has 0 unspecified atom stereocenters. The van der Waals surface area contributed by atoms with Crippen LogP contribution < -0.4 is 15.5 Å². The summed E-state index contributed by atoms with van der Waals surface area (Å²) >= 11 is 0. The van der Waals surface area contributed by atoms with Gasteiger partial charge in [0.25, 0.3) is 0 Å². The minimum absolute atomic E-state index is 0.0189. The summed E-state index contributed by atoms with van der Waals surface area (Å²) in [6.07, 6.45) is 8.27. The second-order valence-electron chi connectivity index (χ2n) is 13.1. The average molecular weight is 614 g/mol. The van der Waals surface area contributed by atoms with Gasteiger partial charge in [-0.25, -0.2) is 0 Å². The van der Waals surface area contributed by atoms with Gasteiger partial charge in [0, 0.05) is 70.6 Å². The van der Waals surface area contributed by atoms with Crippen LogP contribution in [-0.2, 0) is 25.5 Å². The van der Waals surface area contributed by atoms with Gasteiger partial charge in [-0.05, 0) is 55.7 Å². The maximum Gasteiger partial charge on any atom is 0.243 e. The molecule has 3 fully saturated rings. The largest absolute Gasteiger partial charge is 0.381 e. The van der Waals surface area contributed by atoms with Crippen molar-refractivity contribution < 1.29 is 19.1 Å². The minimum Gasteiger partial charge on any atom is -0.381 e. The molecule has 2 aromatic carbocycles. The van der Waals surface area contributed by atoms with Crippen molar-refractivity contribution in [3.05, 3.63) is 78.4 Å². The molecule has 3 atom stereocenters. The van der Waals surface area contributed by atoms with Crippen molar-refractivity contribution in [3.63, 3.8) is 0 Å². The average Bonchev–Trinajstić information content (AvgIpc) is 3.08. The SMILES string of the molecule is O=C1N[C@@H]2CCN(CC(=O)N3CCN(c4ccccc4)CC3)C[C@@H]2C/C=C/CC2(CCOCC2)C(=O)N[C@H]1Cc1ccccc1. The van der Waals surface area contributed by atoms with E-state index in [1.54, 1.807) is 0 Å². The number of amides is 3. The predicted molar refractivity (Wildman–Crippen MR) is 175 cm³/mol. The molecular formula is C36H47N5O4. The van der Waals surface area contributed by atoms with E-state index in [9.17, 15) is 14.4 Å². The van der Waals surface area contributed by atoms with Crippen LogP contribution in [0.1, 0.15) is 37.7 Å². The monoisotopic (exact) mass is 613 g/mol. The number of carbonyl (C=O) groups excluding carboxylic acids is 3. The Bertz CT molecular complexity index is 1320. The highest BCUT2D eigenvalue weighted by Crippen LogP contribution is 2.36. The van der Waals surface area contributed by atoms with Gasteiger partial charge >= 0.3 is 0 Å². The summed E-state index contributed by atoms with van der Waals surface area (Å²) in [6.45, 7) is 6.14. The van der Waals surface area contributed by atoms with E-state index >= 15 is 0 Å². The smallest absolute Gasteiger partial charge is 0.243 e. The zero-order chi connectivity index (χ0) is 31.1. The molecule has 0 bridgehead atoms. The third-order valence-electron chi connectivity index (χ3n) is 10.2. The number of piperazine rings is 1. The number of anilines is 1. The first-order chi connectivity index (χ1) is 22.0. The Morgan fingerprint density at radius 2 is 1.58 bits per heavy atom. The second kappa shape index (κ2) is 14.6. The van der Waals surface area contributed by atoms with Crippen molar-refractivity contribution >= 4 is 23.4 Å². The van der Waals surface area contributed by atoms with E-state index in [1.165, 1.54) is 5.69 Å². The van der Waals surface area contributed by atoms with Gasteiger partial charge in [0.2, 0.25) is 17.7 Å². The lowest BCUT2D eigenvalue weighted by Crippen LogP contribution is -2.59. The van der Waals surface area contributed by atoms with E-state index in [-0.39, 0.29) is 29.7 Å². The van der Waals surface area contributed by atoms with Gasteiger partial charge in [-0.1, -0.05) is 60.7 Å². The first kappa shape index (κ1) is 31.3. The number of para-hydroxylation sites is 1. The summed E-state index contributed by atoms with van der Waals surface area (Å²) in [6, 6.07) is 19.6. The quantitative estimate of drug-likeness (QED) is 0.504. The number of piperidine rings is 1. The third-order valence-corrected chi connectivity index (χ3v) is 10.2. The fourth-order valence-corrected chi connectivity index (χ4v) is 7.34. The number of hydrogen-bond donors (Lipinski definition) is 2. The number of carbonyl (C=O) groups is 3. The van der Waals surface area contributed by atoms with Crippen molar-refractivity contribution in [2.45, 2.75) is 50.6 Å². The highest BCUT2D eigenvalue weighted by molar-refractivity contribution is 5.90. The second-order valence-corrected chi connectivity index (χ2v) is 13.1. The number of fused-ring (bicyclic) bond motifs is 1. The van der Waals surface area contributed by atoms with Crippen LogP contribution in [0.2, 0.25) is 0 Å². The first-order valence-electron chi connectivity index (χ1n) is 16.7. The molecule has 6 rings (SSSR count). The van der Waals surface area contributed by atoms with E-state index in [1.807, 2.05) is 41.3 Å². The molecule has 240 valence electrons. The number of likely N-dealkylation sites (tertiary alicyclic amines) is 1. The van der Waals surface area contributed by atoms with Gasteiger partial charge in [-0.3, -0.25) is 19.3 Å². The minimum atomic E-state index is -0.655. The van der Waals surface area contributed by atoms with Crippen LogP contribution in [0, 0.1) is 11.3 Å². The number of nitrogens with zero attached hydrogens (tertiary/aromatic N) is 3. The van der Waals surface area contributed by atoms with Crippen LogP contribution >= 0.6 is 0 Å². The molecule has 0 aromatic heterocycles. The number of hydrogen-bond acceptors (Lipinski definition) is 6. The summed E-state index contributed by atoms with van der Waals surface area (Å²) in [4.78, 5) is 47.6. The molecule has 9 nitrogen and oxygen atoms in total. The lowest BCUT2D eigenvalue weighted by molar-refractivity contribution is -0.140. The van der Waals surface area contributed by atoms with Crippen molar-refractivity contribution in [3.8, 4) is 0 Å². The Kier molecular flexibility index (Phi) is 10.2. The number of rotatable bonds is 5. The van der Waals surface area contributed by atoms with Crippen LogP contribution in [0.15, 0.2) is 72.8 Å². The summed E-state index contributed by atoms with van der Waals surface area (Å²) in [7, 11) is 0. The predicted octanol–water partition coefficient (Wildman–Crippen LogP) is 3.02. The molecule has 4 aliphatic rings.